The van der Waals surface area contributed by atoms with E-state index in [0.717, 1.165) is 4.88 Å². The molecule has 132 valence electrons. The van der Waals surface area contributed by atoms with E-state index in [4.69, 9.17) is 16.3 Å². The molecule has 1 N–H and O–H groups in total. The number of nitrogens with one attached hydrogen (secondary N) is 1. The summed E-state index contributed by atoms with van der Waals surface area (Å²) < 4.78 is 4.98. The highest BCUT2D eigenvalue weighted by Gasteiger charge is 2.18. The second-order valence-corrected chi connectivity index (χ2v) is 6.99. The number of anilines is 1. The van der Waals surface area contributed by atoms with Crippen LogP contribution >= 0.6 is 22.9 Å². The van der Waals surface area contributed by atoms with Crippen molar-refractivity contribution in [3.05, 3.63) is 51.4 Å². The minimum Gasteiger partial charge on any atom is -0.462 e. The molecule has 0 spiro atoms. The number of amides is 1. The lowest BCUT2D eigenvalue weighted by Gasteiger charge is -2.06. The van der Waals surface area contributed by atoms with Gasteiger partial charge in [-0.05, 0) is 44.2 Å². The van der Waals surface area contributed by atoms with Gasteiger partial charge in [-0.1, -0.05) is 11.6 Å². The highest BCUT2D eigenvalue weighted by Crippen LogP contribution is 2.28. The minimum atomic E-state index is -0.473. The number of halogens is 1. The van der Waals surface area contributed by atoms with Crippen LogP contribution in [0.25, 0.3) is 0 Å². The van der Waals surface area contributed by atoms with Crippen molar-refractivity contribution in [2.45, 2.75) is 26.7 Å². The fourth-order valence-corrected chi connectivity index (χ4v) is 3.21. The first-order chi connectivity index (χ1) is 11.9. The summed E-state index contributed by atoms with van der Waals surface area (Å²) in [7, 11) is 0. The number of carbonyl (C=O) groups excluding carboxylic acids is 3. The number of hydrogen-bond donors (Lipinski definition) is 1. The Hall–Kier alpha value is -2.18. The van der Waals surface area contributed by atoms with Gasteiger partial charge >= 0.3 is 5.97 Å². The fraction of sp³-hybridized carbons (Fsp3) is 0.278. The van der Waals surface area contributed by atoms with Crippen LogP contribution in [0.1, 0.15) is 45.4 Å². The van der Waals surface area contributed by atoms with Gasteiger partial charge in [0.15, 0.2) is 5.78 Å². The van der Waals surface area contributed by atoms with Crippen molar-refractivity contribution in [2.75, 3.05) is 11.9 Å². The predicted molar refractivity (Wildman–Crippen MR) is 98.7 cm³/mol. The van der Waals surface area contributed by atoms with Crippen molar-refractivity contribution in [2.24, 2.45) is 0 Å². The predicted octanol–water partition coefficient (Wildman–Crippen LogP) is 4.49. The number of Topliss-reactive ketones (excluding diaryl/α,β-unsaturated/α-hetero) is 1. The quantitative estimate of drug-likeness (QED) is 0.568. The van der Waals surface area contributed by atoms with Gasteiger partial charge in [-0.3, -0.25) is 9.59 Å². The standard InChI is InChI=1S/C18H18ClNO4S/c1-3-24-18(23)14-10-11(2)25-17(14)20-16(22)9-8-15(21)12-4-6-13(19)7-5-12/h4-7,10H,3,8-9H2,1-2H3,(H,20,22). The van der Waals surface area contributed by atoms with E-state index in [-0.39, 0.29) is 31.1 Å². The molecule has 0 radical (unpaired) electrons. The lowest BCUT2D eigenvalue weighted by Crippen LogP contribution is -2.15. The lowest BCUT2D eigenvalue weighted by molar-refractivity contribution is -0.116. The van der Waals surface area contributed by atoms with Crippen LogP contribution in [0.5, 0.6) is 0 Å². The van der Waals surface area contributed by atoms with Crippen LogP contribution in [0.3, 0.4) is 0 Å². The number of benzene rings is 1. The monoisotopic (exact) mass is 379 g/mol. The van der Waals surface area contributed by atoms with Gasteiger partial charge in [0.05, 0.1) is 12.2 Å². The molecular weight excluding hydrogens is 362 g/mol. The third kappa shape index (κ3) is 5.41. The van der Waals surface area contributed by atoms with Crippen molar-refractivity contribution < 1.29 is 19.1 Å². The van der Waals surface area contributed by atoms with E-state index in [0.29, 0.717) is 21.2 Å². The number of carbonyl (C=O) groups is 3. The lowest BCUT2D eigenvalue weighted by atomic mass is 10.1. The number of thiophene rings is 1. The highest BCUT2D eigenvalue weighted by atomic mass is 35.5. The molecule has 0 aliphatic carbocycles. The Kier molecular flexibility index (Phi) is 6.73. The van der Waals surface area contributed by atoms with E-state index in [1.165, 1.54) is 11.3 Å². The van der Waals surface area contributed by atoms with Crippen LogP contribution in [-0.4, -0.2) is 24.3 Å². The number of ether oxygens (including phenoxy) is 1. The van der Waals surface area contributed by atoms with Crippen LogP contribution in [0.15, 0.2) is 30.3 Å². The summed E-state index contributed by atoms with van der Waals surface area (Å²) >= 11 is 7.08. The summed E-state index contributed by atoms with van der Waals surface area (Å²) in [6.45, 7) is 3.82. The summed E-state index contributed by atoms with van der Waals surface area (Å²) in [5, 5.41) is 3.69. The molecule has 0 saturated heterocycles. The van der Waals surface area contributed by atoms with E-state index in [2.05, 4.69) is 5.32 Å². The van der Waals surface area contributed by atoms with E-state index in [9.17, 15) is 14.4 Å². The number of hydrogen-bond acceptors (Lipinski definition) is 5. The Balaban J connectivity index is 1.95. The molecule has 25 heavy (non-hydrogen) atoms. The highest BCUT2D eigenvalue weighted by molar-refractivity contribution is 7.16. The Bertz CT molecular complexity index is 783. The average Bonchev–Trinajstić information content (AvgIpc) is 2.94. The van der Waals surface area contributed by atoms with Gasteiger partial charge in [-0.2, -0.15) is 0 Å². The molecule has 0 aliphatic rings. The third-order valence-electron chi connectivity index (χ3n) is 3.35. The summed E-state index contributed by atoms with van der Waals surface area (Å²) in [4.78, 5) is 37.0. The van der Waals surface area contributed by atoms with Gasteiger partial charge < -0.3 is 10.1 Å². The molecule has 1 heterocycles. The zero-order valence-electron chi connectivity index (χ0n) is 13.9. The smallest absolute Gasteiger partial charge is 0.341 e. The van der Waals surface area contributed by atoms with Gasteiger partial charge in [0.2, 0.25) is 5.91 Å². The van der Waals surface area contributed by atoms with Gasteiger partial charge in [0.25, 0.3) is 0 Å². The molecule has 5 nitrogen and oxygen atoms in total. The molecule has 1 aromatic carbocycles. The van der Waals surface area contributed by atoms with E-state index >= 15 is 0 Å². The summed E-state index contributed by atoms with van der Waals surface area (Å²) in [6.07, 6.45) is 0.104. The van der Waals surface area contributed by atoms with Crippen molar-refractivity contribution in [3.8, 4) is 0 Å². The molecule has 0 unspecified atom stereocenters. The number of rotatable bonds is 7. The molecule has 7 heteroatoms. The number of aryl methyl sites for hydroxylation is 1. The van der Waals surface area contributed by atoms with Crippen LogP contribution in [0.4, 0.5) is 5.00 Å². The van der Waals surface area contributed by atoms with Crippen molar-refractivity contribution in [1.82, 2.24) is 0 Å². The number of esters is 1. The SMILES string of the molecule is CCOC(=O)c1cc(C)sc1NC(=O)CCC(=O)c1ccc(Cl)cc1. The Labute approximate surface area is 154 Å². The van der Waals surface area contributed by atoms with Crippen LogP contribution < -0.4 is 5.32 Å². The first-order valence-electron chi connectivity index (χ1n) is 7.77. The molecule has 0 saturated carbocycles. The normalized spacial score (nSPS) is 10.4. The second kappa shape index (κ2) is 8.78. The van der Waals surface area contributed by atoms with Crippen molar-refractivity contribution in [3.63, 3.8) is 0 Å². The van der Waals surface area contributed by atoms with E-state index in [1.807, 2.05) is 6.92 Å². The van der Waals surface area contributed by atoms with E-state index in [1.54, 1.807) is 37.3 Å². The molecule has 2 rings (SSSR count). The molecule has 1 aromatic heterocycles. The molecule has 1 amide bonds. The third-order valence-corrected chi connectivity index (χ3v) is 4.57. The van der Waals surface area contributed by atoms with Crippen LogP contribution in [0, 0.1) is 6.92 Å². The topological polar surface area (TPSA) is 72.5 Å². The van der Waals surface area contributed by atoms with E-state index < -0.39 is 5.97 Å². The maximum atomic E-state index is 12.1. The van der Waals surface area contributed by atoms with Gasteiger partial charge in [0.1, 0.15) is 5.00 Å². The molecular formula is C18H18ClNO4S. The first kappa shape index (κ1) is 19.1. The molecule has 2 aromatic rings. The molecule has 0 atom stereocenters. The van der Waals surface area contributed by atoms with Crippen LogP contribution in [0.2, 0.25) is 5.02 Å². The Morgan fingerprint density at radius 2 is 1.84 bits per heavy atom. The molecule has 0 bridgehead atoms. The van der Waals surface area contributed by atoms with Crippen LogP contribution in [-0.2, 0) is 9.53 Å². The maximum absolute atomic E-state index is 12.1. The van der Waals surface area contributed by atoms with Crippen molar-refractivity contribution in [1.29, 1.82) is 0 Å². The largest absolute Gasteiger partial charge is 0.462 e. The molecule has 0 fully saturated rings. The fourth-order valence-electron chi connectivity index (χ4n) is 2.16. The summed E-state index contributed by atoms with van der Waals surface area (Å²) in [6, 6.07) is 8.20. The van der Waals surface area contributed by atoms with Gasteiger partial charge in [-0.25, -0.2) is 4.79 Å². The Morgan fingerprint density at radius 1 is 1.16 bits per heavy atom. The minimum absolute atomic E-state index is 0.0284. The summed E-state index contributed by atoms with van der Waals surface area (Å²) in [5.41, 5.74) is 0.845. The van der Waals surface area contributed by atoms with Crippen molar-refractivity contribution >= 4 is 45.6 Å². The second-order valence-electron chi connectivity index (χ2n) is 5.30. The Morgan fingerprint density at radius 3 is 2.48 bits per heavy atom. The van der Waals surface area contributed by atoms with Gasteiger partial charge in [0, 0.05) is 28.3 Å². The molecule has 0 aliphatic heterocycles. The average molecular weight is 380 g/mol. The maximum Gasteiger partial charge on any atom is 0.341 e. The summed E-state index contributed by atoms with van der Waals surface area (Å²) in [5.74, 6) is -0.936. The van der Waals surface area contributed by atoms with Gasteiger partial charge in [-0.15, -0.1) is 11.3 Å². The zero-order valence-corrected chi connectivity index (χ0v) is 15.5. The first-order valence-corrected chi connectivity index (χ1v) is 8.96. The number of ketones is 1. The zero-order chi connectivity index (χ0) is 18.4.